The number of rotatable bonds is 12. The number of ether oxygens (including phenoxy) is 3. The maximum atomic E-state index is 12.7. The van der Waals surface area contributed by atoms with Gasteiger partial charge in [-0.25, -0.2) is 4.79 Å². The topological polar surface area (TPSA) is 119 Å². The molecule has 35 heavy (non-hydrogen) atoms. The number of hydrogen-bond donors (Lipinski definition) is 2. The molecule has 3 rings (SSSR count). The van der Waals surface area contributed by atoms with E-state index in [0.717, 1.165) is 12.8 Å². The number of fused-ring (bicyclic) bond motifs is 1. The summed E-state index contributed by atoms with van der Waals surface area (Å²) in [5.41, 5.74) is 0.714. The number of unbranched alkanes of at least 4 members (excludes halogenated alkanes) is 1. The van der Waals surface area contributed by atoms with E-state index in [1.54, 1.807) is 30.3 Å². The molecule has 1 aliphatic rings. The minimum Gasteiger partial charge on any atom is -0.507 e. The van der Waals surface area contributed by atoms with Gasteiger partial charge in [0.15, 0.2) is 18.2 Å². The maximum absolute atomic E-state index is 12.7. The van der Waals surface area contributed by atoms with Gasteiger partial charge in [-0.2, -0.15) is 0 Å². The number of benzene rings is 2. The minimum atomic E-state index is -1.08. The molecular weight excluding hydrogens is 452 g/mol. The second-order valence-corrected chi connectivity index (χ2v) is 9.04. The van der Waals surface area contributed by atoms with Crippen molar-refractivity contribution < 1.29 is 38.8 Å². The van der Waals surface area contributed by atoms with Gasteiger partial charge in [-0.3, -0.25) is 9.59 Å². The number of aliphatic carboxylic acids is 1. The molecule has 0 spiro atoms. The molecule has 0 bridgehead atoms. The van der Waals surface area contributed by atoms with Gasteiger partial charge in [0.05, 0.1) is 24.2 Å². The van der Waals surface area contributed by atoms with E-state index in [-0.39, 0.29) is 23.7 Å². The third-order valence-corrected chi connectivity index (χ3v) is 5.98. The maximum Gasteiger partial charge on any atom is 0.341 e. The first-order chi connectivity index (χ1) is 16.6. The van der Waals surface area contributed by atoms with Crippen molar-refractivity contribution in [3.63, 3.8) is 0 Å². The number of carboxylic acids is 1. The second kappa shape index (κ2) is 11.3. The van der Waals surface area contributed by atoms with Crippen LogP contribution in [0.25, 0.3) is 0 Å². The Morgan fingerprint density at radius 3 is 2.60 bits per heavy atom. The Morgan fingerprint density at radius 2 is 1.91 bits per heavy atom. The van der Waals surface area contributed by atoms with Gasteiger partial charge in [0.2, 0.25) is 0 Å². The molecule has 0 saturated carbocycles. The van der Waals surface area contributed by atoms with Crippen LogP contribution in [0, 0.1) is 0 Å². The van der Waals surface area contributed by atoms with Crippen molar-refractivity contribution in [3.8, 4) is 23.0 Å². The lowest BCUT2D eigenvalue weighted by Gasteiger charge is -2.35. The molecule has 0 fully saturated rings. The Kier molecular flexibility index (Phi) is 8.38. The van der Waals surface area contributed by atoms with E-state index in [2.05, 4.69) is 0 Å². The van der Waals surface area contributed by atoms with Gasteiger partial charge in [-0.05, 0) is 63.8 Å². The molecule has 0 aromatic heterocycles. The fraction of sp³-hybridized carbons (Fsp3) is 0.444. The van der Waals surface area contributed by atoms with Crippen LogP contribution in [-0.2, 0) is 11.2 Å². The van der Waals surface area contributed by atoms with Crippen molar-refractivity contribution >= 4 is 17.5 Å². The molecule has 1 heterocycles. The van der Waals surface area contributed by atoms with Gasteiger partial charge in [0.25, 0.3) is 0 Å². The summed E-state index contributed by atoms with van der Waals surface area (Å²) in [4.78, 5) is 35.1. The van der Waals surface area contributed by atoms with E-state index < -0.39 is 18.2 Å². The smallest absolute Gasteiger partial charge is 0.341 e. The molecule has 0 amide bonds. The summed E-state index contributed by atoms with van der Waals surface area (Å²) in [7, 11) is 0. The number of phenols is 1. The predicted molar refractivity (Wildman–Crippen MR) is 129 cm³/mol. The Hall–Kier alpha value is -3.55. The molecule has 2 aromatic rings. The van der Waals surface area contributed by atoms with Crippen molar-refractivity contribution in [1.29, 1.82) is 0 Å². The summed E-state index contributed by atoms with van der Waals surface area (Å²) in [6.07, 6.45) is 3.74. The zero-order valence-electron chi connectivity index (χ0n) is 20.4. The van der Waals surface area contributed by atoms with Crippen molar-refractivity contribution in [1.82, 2.24) is 0 Å². The Bertz CT molecular complexity index is 1110. The quantitative estimate of drug-likeness (QED) is 0.320. The number of ketones is 2. The number of carboxylic acid groups (broad SMARTS) is 1. The summed E-state index contributed by atoms with van der Waals surface area (Å²) in [6, 6.07) is 8.04. The summed E-state index contributed by atoms with van der Waals surface area (Å²) in [5.74, 6) is -0.00887. The zero-order valence-corrected chi connectivity index (χ0v) is 20.4. The van der Waals surface area contributed by atoms with Gasteiger partial charge in [-0.1, -0.05) is 13.3 Å². The molecule has 188 valence electrons. The number of carbonyl (C=O) groups is 3. The van der Waals surface area contributed by atoms with Crippen molar-refractivity contribution in [3.05, 3.63) is 47.0 Å². The SMILES string of the molecule is CCCc1c(OCCCCC2(C)CC(=O)c3ccc(OCC(=O)O)cc3O2)ccc(C(C)=O)c1O. The monoisotopic (exact) mass is 484 g/mol. The summed E-state index contributed by atoms with van der Waals surface area (Å²) in [6.45, 7) is 5.25. The molecule has 8 heteroatoms. The van der Waals surface area contributed by atoms with Crippen LogP contribution >= 0.6 is 0 Å². The molecule has 1 aliphatic heterocycles. The number of hydrogen-bond acceptors (Lipinski definition) is 7. The van der Waals surface area contributed by atoms with E-state index >= 15 is 0 Å². The van der Waals surface area contributed by atoms with E-state index in [9.17, 15) is 19.5 Å². The Morgan fingerprint density at radius 1 is 1.14 bits per heavy atom. The molecule has 1 atom stereocenters. The Labute approximate surface area is 204 Å². The highest BCUT2D eigenvalue weighted by Gasteiger charge is 2.36. The number of Topliss-reactive ketones (excluding diaryl/α,β-unsaturated/α-hetero) is 2. The van der Waals surface area contributed by atoms with Crippen molar-refractivity contribution in [2.75, 3.05) is 13.2 Å². The highest BCUT2D eigenvalue weighted by atomic mass is 16.5. The van der Waals surface area contributed by atoms with E-state index in [1.807, 2.05) is 13.8 Å². The Balaban J connectivity index is 1.57. The lowest BCUT2D eigenvalue weighted by molar-refractivity contribution is -0.139. The van der Waals surface area contributed by atoms with Crippen LogP contribution in [0.2, 0.25) is 0 Å². The standard InChI is InChI=1S/C27H32O8/c1-4-7-21-23(11-10-19(17(2)28)26(21)32)33-13-6-5-12-27(3)15-22(29)20-9-8-18(14-24(20)35-27)34-16-25(30)31/h8-11,14,32H,4-7,12-13,15-16H2,1-3H3,(H,30,31). The summed E-state index contributed by atoms with van der Waals surface area (Å²) < 4.78 is 17.3. The molecule has 8 nitrogen and oxygen atoms in total. The van der Waals surface area contributed by atoms with Crippen LogP contribution in [-0.4, -0.2) is 46.6 Å². The summed E-state index contributed by atoms with van der Waals surface area (Å²) in [5, 5.41) is 19.3. The van der Waals surface area contributed by atoms with Gasteiger partial charge >= 0.3 is 5.97 Å². The summed E-state index contributed by atoms with van der Waals surface area (Å²) >= 11 is 0. The van der Waals surface area contributed by atoms with Crippen LogP contribution in [0.1, 0.15) is 79.2 Å². The average molecular weight is 485 g/mol. The van der Waals surface area contributed by atoms with Crippen LogP contribution in [0.4, 0.5) is 0 Å². The number of aromatic hydroxyl groups is 1. The van der Waals surface area contributed by atoms with Gasteiger partial charge in [-0.15, -0.1) is 0 Å². The largest absolute Gasteiger partial charge is 0.507 e. The number of phenolic OH excluding ortho intramolecular Hbond substituents is 1. The molecular formula is C27H32O8. The zero-order chi connectivity index (χ0) is 25.6. The molecule has 2 aromatic carbocycles. The first-order valence-corrected chi connectivity index (χ1v) is 11.8. The average Bonchev–Trinajstić information content (AvgIpc) is 2.79. The van der Waals surface area contributed by atoms with Gasteiger partial charge in [0, 0.05) is 11.6 Å². The molecule has 0 aliphatic carbocycles. The normalized spacial score (nSPS) is 16.8. The minimum absolute atomic E-state index is 0.0103. The van der Waals surface area contributed by atoms with Crippen molar-refractivity contribution in [2.24, 2.45) is 0 Å². The highest BCUT2D eigenvalue weighted by molar-refractivity contribution is 6.00. The molecule has 1 unspecified atom stereocenters. The predicted octanol–water partition coefficient (Wildman–Crippen LogP) is 4.98. The highest BCUT2D eigenvalue weighted by Crippen LogP contribution is 2.38. The van der Waals surface area contributed by atoms with E-state index in [4.69, 9.17) is 19.3 Å². The lowest BCUT2D eigenvalue weighted by atomic mass is 9.87. The lowest BCUT2D eigenvalue weighted by Crippen LogP contribution is -2.39. The second-order valence-electron chi connectivity index (χ2n) is 9.04. The molecule has 2 N–H and O–H groups in total. The molecule has 0 saturated heterocycles. The van der Waals surface area contributed by atoms with Gasteiger partial charge < -0.3 is 24.4 Å². The third-order valence-electron chi connectivity index (χ3n) is 5.98. The van der Waals surface area contributed by atoms with Gasteiger partial charge in [0.1, 0.15) is 28.6 Å². The van der Waals surface area contributed by atoms with E-state index in [0.29, 0.717) is 59.8 Å². The third kappa shape index (κ3) is 6.53. The van der Waals surface area contributed by atoms with Crippen LogP contribution < -0.4 is 14.2 Å². The van der Waals surface area contributed by atoms with Crippen molar-refractivity contribution in [2.45, 2.75) is 64.9 Å². The fourth-order valence-corrected chi connectivity index (χ4v) is 4.24. The number of carbonyl (C=O) groups excluding carboxylic acids is 2. The van der Waals surface area contributed by atoms with Crippen LogP contribution in [0.5, 0.6) is 23.0 Å². The van der Waals surface area contributed by atoms with Crippen LogP contribution in [0.3, 0.4) is 0 Å². The fourth-order valence-electron chi connectivity index (χ4n) is 4.24. The van der Waals surface area contributed by atoms with E-state index in [1.165, 1.54) is 6.92 Å². The van der Waals surface area contributed by atoms with Crippen LogP contribution in [0.15, 0.2) is 30.3 Å². The first-order valence-electron chi connectivity index (χ1n) is 11.8. The molecule has 0 radical (unpaired) electrons. The first kappa shape index (κ1) is 26.1.